The molecular weight excluding hydrogens is 250 g/mol. The molecule has 0 amide bonds. The number of rotatable bonds is 4. The van der Waals surface area contributed by atoms with Crippen molar-refractivity contribution in [3.63, 3.8) is 0 Å². The van der Waals surface area contributed by atoms with E-state index in [0.29, 0.717) is 0 Å². The summed E-state index contributed by atoms with van der Waals surface area (Å²) in [5.74, 6) is 1.05. The Labute approximate surface area is 122 Å². The summed E-state index contributed by atoms with van der Waals surface area (Å²) < 4.78 is 6.28. The molecule has 0 fully saturated rings. The van der Waals surface area contributed by atoms with E-state index in [0.717, 1.165) is 18.6 Å². The molecule has 1 heterocycles. The second-order valence-electron chi connectivity index (χ2n) is 6.73. The van der Waals surface area contributed by atoms with Gasteiger partial charge in [-0.3, -0.25) is 0 Å². The number of fused-ring (bicyclic) bond motifs is 1. The molecule has 0 spiro atoms. The van der Waals surface area contributed by atoms with Crippen molar-refractivity contribution in [1.29, 1.82) is 0 Å². The first-order chi connectivity index (χ1) is 9.38. The Kier molecular flexibility index (Phi) is 4.40. The first-order valence-electron chi connectivity index (χ1n) is 7.48. The molecule has 2 rings (SSSR count). The molecule has 0 saturated carbocycles. The van der Waals surface area contributed by atoms with Crippen LogP contribution in [0.5, 0.6) is 5.75 Å². The van der Waals surface area contributed by atoms with Gasteiger partial charge in [-0.25, -0.2) is 0 Å². The van der Waals surface area contributed by atoms with Crippen LogP contribution in [-0.4, -0.2) is 13.2 Å². The second kappa shape index (κ2) is 5.74. The highest BCUT2D eigenvalue weighted by molar-refractivity contribution is 5.52. The fraction of sp³-hybridized carbons (Fsp3) is 0.647. The van der Waals surface area contributed by atoms with Gasteiger partial charge in [0.15, 0.2) is 0 Å². The van der Waals surface area contributed by atoms with E-state index in [1.54, 1.807) is 7.11 Å². The van der Waals surface area contributed by atoms with Gasteiger partial charge in [-0.2, -0.15) is 5.48 Å². The van der Waals surface area contributed by atoms with Gasteiger partial charge in [-0.15, -0.1) is 0 Å². The number of hydroxylamine groups is 1. The monoisotopic (exact) mass is 277 g/mol. The van der Waals surface area contributed by atoms with Gasteiger partial charge in [-0.05, 0) is 18.8 Å². The quantitative estimate of drug-likeness (QED) is 0.842. The lowest BCUT2D eigenvalue weighted by Gasteiger charge is -2.23. The second-order valence-corrected chi connectivity index (χ2v) is 6.73. The van der Waals surface area contributed by atoms with E-state index in [2.05, 4.69) is 52.2 Å². The van der Waals surface area contributed by atoms with E-state index in [4.69, 9.17) is 9.57 Å². The van der Waals surface area contributed by atoms with Crippen LogP contribution in [-0.2, 0) is 10.3 Å². The van der Waals surface area contributed by atoms with Crippen LogP contribution in [0.2, 0.25) is 0 Å². The Hall–Kier alpha value is -1.06. The van der Waals surface area contributed by atoms with Crippen LogP contribution in [0.15, 0.2) is 12.1 Å². The zero-order chi connectivity index (χ0) is 14.9. The van der Waals surface area contributed by atoms with Gasteiger partial charge in [0.2, 0.25) is 0 Å². The summed E-state index contributed by atoms with van der Waals surface area (Å²) >= 11 is 0. The maximum absolute atomic E-state index is 6.28. The minimum Gasteiger partial charge on any atom is -0.488 e. The molecule has 2 atom stereocenters. The number of aryl methyl sites for hydroxylation is 1. The predicted octanol–water partition coefficient (Wildman–Crippen LogP) is 4.05. The lowest BCUT2D eigenvalue weighted by molar-refractivity contribution is 0.0267. The molecule has 1 aliphatic rings. The Morgan fingerprint density at radius 2 is 2.00 bits per heavy atom. The van der Waals surface area contributed by atoms with E-state index in [1.807, 2.05) is 0 Å². The molecule has 0 aliphatic carbocycles. The minimum atomic E-state index is 0.0782. The maximum Gasteiger partial charge on any atom is 0.128 e. The van der Waals surface area contributed by atoms with Crippen molar-refractivity contribution in [1.82, 2.24) is 5.48 Å². The van der Waals surface area contributed by atoms with Gasteiger partial charge < -0.3 is 9.57 Å². The largest absolute Gasteiger partial charge is 0.488 e. The molecule has 3 nitrogen and oxygen atoms in total. The number of hydrogen-bond acceptors (Lipinski definition) is 3. The van der Waals surface area contributed by atoms with Crippen molar-refractivity contribution in [3.05, 3.63) is 28.8 Å². The van der Waals surface area contributed by atoms with Gasteiger partial charge in [-0.1, -0.05) is 51.8 Å². The Morgan fingerprint density at radius 1 is 1.30 bits per heavy atom. The molecule has 3 heteroatoms. The lowest BCUT2D eigenvalue weighted by atomic mass is 9.83. The summed E-state index contributed by atoms with van der Waals surface area (Å²) in [6, 6.07) is 4.59. The van der Waals surface area contributed by atoms with E-state index in [-0.39, 0.29) is 17.6 Å². The summed E-state index contributed by atoms with van der Waals surface area (Å²) in [6.45, 7) is 11.0. The Balaban J connectivity index is 2.49. The van der Waals surface area contributed by atoms with Crippen molar-refractivity contribution in [3.8, 4) is 5.75 Å². The maximum atomic E-state index is 6.28. The molecule has 1 aromatic carbocycles. The molecule has 1 aliphatic heterocycles. The highest BCUT2D eigenvalue weighted by Crippen LogP contribution is 2.45. The molecule has 0 bridgehead atoms. The van der Waals surface area contributed by atoms with Gasteiger partial charge in [0.25, 0.3) is 0 Å². The lowest BCUT2D eigenvalue weighted by Crippen LogP contribution is -2.30. The topological polar surface area (TPSA) is 30.5 Å². The Morgan fingerprint density at radius 3 is 2.55 bits per heavy atom. The SMILES string of the molecule is CCCC1Oc2c(cc(C)cc2C(C)(C)C)C1NOC. The average Bonchev–Trinajstić information content (AvgIpc) is 2.67. The predicted molar refractivity (Wildman–Crippen MR) is 82.1 cm³/mol. The van der Waals surface area contributed by atoms with Crippen LogP contribution in [0, 0.1) is 6.92 Å². The summed E-state index contributed by atoms with van der Waals surface area (Å²) in [4.78, 5) is 5.19. The normalized spacial score (nSPS) is 21.7. The third kappa shape index (κ3) is 2.84. The molecule has 0 radical (unpaired) electrons. The molecule has 112 valence electrons. The highest BCUT2D eigenvalue weighted by Gasteiger charge is 2.37. The number of nitrogens with one attached hydrogen (secondary N) is 1. The molecule has 2 unspecified atom stereocenters. The van der Waals surface area contributed by atoms with Crippen LogP contribution in [0.25, 0.3) is 0 Å². The van der Waals surface area contributed by atoms with Crippen molar-refractivity contribution >= 4 is 0 Å². The fourth-order valence-electron chi connectivity index (χ4n) is 2.92. The summed E-state index contributed by atoms with van der Waals surface area (Å²) in [5, 5.41) is 0. The standard InChI is InChI=1S/C17H27NO2/c1-7-8-14-15(18-19-6)12-9-11(2)10-13(16(12)20-14)17(3,4)5/h9-10,14-15,18H,7-8H2,1-6H3. The third-order valence-electron chi connectivity index (χ3n) is 3.86. The highest BCUT2D eigenvalue weighted by atomic mass is 16.6. The molecule has 20 heavy (non-hydrogen) atoms. The minimum absolute atomic E-state index is 0.0782. The van der Waals surface area contributed by atoms with Gasteiger partial charge in [0, 0.05) is 11.1 Å². The number of ether oxygens (including phenoxy) is 1. The molecule has 1 aromatic rings. The molecule has 1 N–H and O–H groups in total. The van der Waals surface area contributed by atoms with Crippen LogP contribution >= 0.6 is 0 Å². The van der Waals surface area contributed by atoms with Crippen molar-refractivity contribution < 1.29 is 9.57 Å². The van der Waals surface area contributed by atoms with E-state index in [1.165, 1.54) is 16.7 Å². The van der Waals surface area contributed by atoms with Gasteiger partial charge in [0.05, 0.1) is 13.2 Å². The molecule has 0 saturated heterocycles. The van der Waals surface area contributed by atoms with Crippen molar-refractivity contribution in [2.24, 2.45) is 0 Å². The Bertz CT molecular complexity index is 477. The fourth-order valence-corrected chi connectivity index (χ4v) is 2.92. The third-order valence-corrected chi connectivity index (χ3v) is 3.86. The van der Waals surface area contributed by atoms with Crippen LogP contribution in [0.1, 0.15) is 63.3 Å². The van der Waals surface area contributed by atoms with Crippen molar-refractivity contribution in [2.75, 3.05) is 7.11 Å². The van der Waals surface area contributed by atoms with Crippen LogP contribution in [0.3, 0.4) is 0 Å². The first kappa shape index (κ1) is 15.3. The summed E-state index contributed by atoms with van der Waals surface area (Å²) in [5.41, 5.74) is 6.99. The average molecular weight is 277 g/mol. The van der Waals surface area contributed by atoms with Crippen LogP contribution < -0.4 is 10.2 Å². The zero-order valence-electron chi connectivity index (χ0n) is 13.5. The van der Waals surface area contributed by atoms with Crippen LogP contribution in [0.4, 0.5) is 0 Å². The number of benzene rings is 1. The van der Waals surface area contributed by atoms with E-state index in [9.17, 15) is 0 Å². The smallest absolute Gasteiger partial charge is 0.128 e. The van der Waals surface area contributed by atoms with E-state index < -0.39 is 0 Å². The van der Waals surface area contributed by atoms with Gasteiger partial charge in [0.1, 0.15) is 11.9 Å². The summed E-state index contributed by atoms with van der Waals surface area (Å²) in [7, 11) is 1.67. The van der Waals surface area contributed by atoms with Crippen molar-refractivity contribution in [2.45, 2.75) is 65.0 Å². The first-order valence-corrected chi connectivity index (χ1v) is 7.48. The number of hydrogen-bond donors (Lipinski definition) is 1. The van der Waals surface area contributed by atoms with E-state index >= 15 is 0 Å². The van der Waals surface area contributed by atoms with Gasteiger partial charge >= 0.3 is 0 Å². The summed E-state index contributed by atoms with van der Waals surface area (Å²) in [6.07, 6.45) is 2.28. The zero-order valence-corrected chi connectivity index (χ0v) is 13.5. The molecular formula is C17H27NO2. The molecule has 0 aromatic heterocycles.